The minimum absolute atomic E-state index is 0.0506. The first kappa shape index (κ1) is 18.6. The van der Waals surface area contributed by atoms with E-state index in [0.717, 1.165) is 5.56 Å². The number of hydrogen-bond donors (Lipinski definition) is 2. The fraction of sp³-hybridized carbons (Fsp3) is 0.300. The number of rotatable bonds is 5. The third-order valence-corrected chi connectivity index (χ3v) is 4.09. The van der Waals surface area contributed by atoms with Gasteiger partial charge in [-0.3, -0.25) is 9.59 Å². The average Bonchev–Trinajstić information content (AvgIpc) is 2.57. The molecule has 2 N–H and O–H groups in total. The Morgan fingerprint density at radius 1 is 0.920 bits per heavy atom. The summed E-state index contributed by atoms with van der Waals surface area (Å²) >= 11 is 0. The molecule has 0 spiro atoms. The summed E-state index contributed by atoms with van der Waals surface area (Å²) in [6.45, 7) is 7.18. The molecular weight excluding hydrogens is 319 g/mol. The summed E-state index contributed by atoms with van der Waals surface area (Å²) in [5, 5.41) is 5.20. The summed E-state index contributed by atoms with van der Waals surface area (Å²) in [6.07, 6.45) is 0. The fourth-order valence-electron chi connectivity index (χ4n) is 2.18. The van der Waals surface area contributed by atoms with Crippen molar-refractivity contribution in [1.29, 1.82) is 0 Å². The Morgan fingerprint density at radius 3 is 2.04 bits per heavy atom. The van der Waals surface area contributed by atoms with E-state index in [-0.39, 0.29) is 5.69 Å². The van der Waals surface area contributed by atoms with E-state index in [9.17, 15) is 14.0 Å². The molecule has 0 aliphatic rings. The quantitative estimate of drug-likeness (QED) is 0.783. The maximum absolute atomic E-state index is 13.7. The molecule has 0 radical (unpaired) electrons. The third-order valence-electron chi connectivity index (χ3n) is 4.09. The van der Waals surface area contributed by atoms with E-state index in [1.165, 1.54) is 32.0 Å². The zero-order valence-electron chi connectivity index (χ0n) is 14.9. The van der Waals surface area contributed by atoms with E-state index in [1.807, 2.05) is 12.1 Å². The first-order valence-corrected chi connectivity index (χ1v) is 8.19. The number of halogens is 1. The lowest BCUT2D eigenvalue weighted by atomic mass is 9.90. The normalized spacial score (nSPS) is 11.3. The van der Waals surface area contributed by atoms with Crippen molar-refractivity contribution in [2.45, 2.75) is 33.6 Å². The van der Waals surface area contributed by atoms with Gasteiger partial charge < -0.3 is 10.6 Å². The maximum Gasteiger partial charge on any atom is 0.239 e. The highest BCUT2D eigenvalue weighted by Gasteiger charge is 2.36. The van der Waals surface area contributed by atoms with Crippen molar-refractivity contribution >= 4 is 23.2 Å². The Hall–Kier alpha value is -2.69. The molecule has 0 aliphatic carbocycles. The minimum atomic E-state index is -1.36. The number of carbonyl (C=O) groups is 2. The lowest BCUT2D eigenvalue weighted by Crippen LogP contribution is -2.41. The van der Waals surface area contributed by atoms with E-state index >= 15 is 0 Å². The Labute approximate surface area is 147 Å². The van der Waals surface area contributed by atoms with Gasteiger partial charge in [-0.25, -0.2) is 4.39 Å². The average molecular weight is 342 g/mol. The second-order valence-electron chi connectivity index (χ2n) is 6.79. The summed E-state index contributed by atoms with van der Waals surface area (Å²) in [5.41, 5.74) is 0.462. The lowest BCUT2D eigenvalue weighted by Gasteiger charge is -2.23. The largest absolute Gasteiger partial charge is 0.325 e. The molecule has 5 heteroatoms. The molecule has 0 bridgehead atoms. The Morgan fingerprint density at radius 2 is 1.48 bits per heavy atom. The fourth-order valence-corrected chi connectivity index (χ4v) is 2.18. The van der Waals surface area contributed by atoms with Crippen LogP contribution in [-0.2, 0) is 9.59 Å². The molecule has 2 rings (SSSR count). The number of hydrogen-bond acceptors (Lipinski definition) is 2. The van der Waals surface area contributed by atoms with Crippen molar-refractivity contribution in [2.24, 2.45) is 5.41 Å². The van der Waals surface area contributed by atoms with Gasteiger partial charge in [-0.1, -0.05) is 38.1 Å². The summed E-state index contributed by atoms with van der Waals surface area (Å²) < 4.78 is 13.7. The molecule has 4 nitrogen and oxygen atoms in total. The molecular formula is C20H23FN2O2. The molecule has 0 aliphatic heterocycles. The number of carbonyl (C=O) groups excluding carboxylic acids is 2. The van der Waals surface area contributed by atoms with Crippen molar-refractivity contribution < 1.29 is 14.0 Å². The van der Waals surface area contributed by atoms with Gasteiger partial charge in [0.15, 0.2) is 0 Å². The van der Waals surface area contributed by atoms with Crippen LogP contribution in [0.1, 0.15) is 39.2 Å². The van der Waals surface area contributed by atoms with Gasteiger partial charge in [0.25, 0.3) is 0 Å². The summed E-state index contributed by atoms with van der Waals surface area (Å²) in [4.78, 5) is 24.9. The van der Waals surface area contributed by atoms with Crippen LogP contribution in [0, 0.1) is 11.2 Å². The van der Waals surface area contributed by atoms with Crippen LogP contribution in [0.2, 0.25) is 0 Å². The van der Waals surface area contributed by atoms with Gasteiger partial charge in [-0.05, 0) is 49.6 Å². The van der Waals surface area contributed by atoms with Crippen molar-refractivity contribution in [1.82, 2.24) is 0 Å². The van der Waals surface area contributed by atoms with Crippen LogP contribution in [0.3, 0.4) is 0 Å². The van der Waals surface area contributed by atoms with Crippen LogP contribution in [-0.4, -0.2) is 11.8 Å². The molecule has 0 heterocycles. The molecule has 0 unspecified atom stereocenters. The highest BCUT2D eigenvalue weighted by Crippen LogP contribution is 2.23. The van der Waals surface area contributed by atoms with E-state index in [4.69, 9.17) is 0 Å². The van der Waals surface area contributed by atoms with Crippen LogP contribution in [0.5, 0.6) is 0 Å². The smallest absolute Gasteiger partial charge is 0.239 e. The highest BCUT2D eigenvalue weighted by molar-refractivity contribution is 6.14. The maximum atomic E-state index is 13.7. The van der Waals surface area contributed by atoms with Gasteiger partial charge in [-0.15, -0.1) is 0 Å². The van der Waals surface area contributed by atoms with Crippen LogP contribution >= 0.6 is 0 Å². The predicted molar refractivity (Wildman–Crippen MR) is 98.0 cm³/mol. The first-order valence-electron chi connectivity index (χ1n) is 8.19. The van der Waals surface area contributed by atoms with Crippen molar-refractivity contribution in [3.8, 4) is 0 Å². The van der Waals surface area contributed by atoms with E-state index in [1.54, 1.807) is 18.2 Å². The minimum Gasteiger partial charge on any atom is -0.325 e. The lowest BCUT2D eigenvalue weighted by molar-refractivity contribution is -0.135. The number of nitrogens with one attached hydrogen (secondary N) is 2. The zero-order valence-corrected chi connectivity index (χ0v) is 14.9. The van der Waals surface area contributed by atoms with Crippen LogP contribution in [0.15, 0.2) is 48.5 Å². The SMILES string of the molecule is CC(C)c1ccc(NC(=O)C(C)(C)C(=O)Nc2ccccc2F)cc1. The van der Waals surface area contributed by atoms with Crippen molar-refractivity contribution in [3.05, 3.63) is 59.9 Å². The predicted octanol–water partition coefficient (Wildman–Crippen LogP) is 4.55. The first-order chi connectivity index (χ1) is 11.7. The molecule has 0 aromatic heterocycles. The van der Waals surface area contributed by atoms with Crippen molar-refractivity contribution in [2.75, 3.05) is 10.6 Å². The number of para-hydroxylation sites is 1. The van der Waals surface area contributed by atoms with Gasteiger partial charge in [0.05, 0.1) is 5.69 Å². The molecule has 0 saturated carbocycles. The Bertz CT molecular complexity index is 768. The molecule has 2 amide bonds. The molecule has 132 valence electrons. The number of benzene rings is 2. The van der Waals surface area contributed by atoms with Gasteiger partial charge in [0.1, 0.15) is 11.2 Å². The second-order valence-corrected chi connectivity index (χ2v) is 6.79. The van der Waals surface area contributed by atoms with Gasteiger partial charge in [0, 0.05) is 5.69 Å². The third kappa shape index (κ3) is 4.44. The topological polar surface area (TPSA) is 58.2 Å². The Kier molecular flexibility index (Phi) is 5.57. The summed E-state index contributed by atoms with van der Waals surface area (Å²) in [5.74, 6) is -1.18. The highest BCUT2D eigenvalue weighted by atomic mass is 19.1. The van der Waals surface area contributed by atoms with Gasteiger partial charge in [-0.2, -0.15) is 0 Å². The second kappa shape index (κ2) is 7.47. The summed E-state index contributed by atoms with van der Waals surface area (Å²) in [7, 11) is 0. The molecule has 2 aromatic carbocycles. The van der Waals surface area contributed by atoms with E-state index in [0.29, 0.717) is 11.6 Å². The number of anilines is 2. The van der Waals surface area contributed by atoms with Gasteiger partial charge in [0.2, 0.25) is 11.8 Å². The molecule has 0 saturated heterocycles. The van der Waals surface area contributed by atoms with E-state index in [2.05, 4.69) is 24.5 Å². The molecule has 0 atom stereocenters. The van der Waals surface area contributed by atoms with Crippen LogP contribution in [0.25, 0.3) is 0 Å². The molecule has 25 heavy (non-hydrogen) atoms. The van der Waals surface area contributed by atoms with Crippen LogP contribution in [0.4, 0.5) is 15.8 Å². The van der Waals surface area contributed by atoms with Crippen molar-refractivity contribution in [3.63, 3.8) is 0 Å². The standard InChI is InChI=1S/C20H23FN2O2/c1-13(2)14-9-11-15(12-10-14)22-18(24)20(3,4)19(25)23-17-8-6-5-7-16(17)21/h5-13H,1-4H3,(H,22,24)(H,23,25). The molecule has 0 fully saturated rings. The monoisotopic (exact) mass is 342 g/mol. The van der Waals surface area contributed by atoms with Gasteiger partial charge >= 0.3 is 0 Å². The summed E-state index contributed by atoms with van der Waals surface area (Å²) in [6, 6.07) is 13.3. The molecule has 2 aromatic rings. The zero-order chi connectivity index (χ0) is 18.6. The Balaban J connectivity index is 2.08. The number of amides is 2. The van der Waals surface area contributed by atoms with Crippen LogP contribution < -0.4 is 10.6 Å². The van der Waals surface area contributed by atoms with E-state index < -0.39 is 23.0 Å².